The van der Waals surface area contributed by atoms with Gasteiger partial charge in [0.15, 0.2) is 0 Å². The van der Waals surface area contributed by atoms with Gasteiger partial charge in [0.25, 0.3) is 5.91 Å². The first-order chi connectivity index (χ1) is 11.2. The topological polar surface area (TPSA) is 45.7 Å². The van der Waals surface area contributed by atoms with Crippen molar-refractivity contribution in [2.24, 2.45) is 0 Å². The maximum Gasteiger partial charge on any atom is 0.254 e. The summed E-state index contributed by atoms with van der Waals surface area (Å²) in [6.07, 6.45) is 0. The van der Waals surface area contributed by atoms with Gasteiger partial charge in [-0.2, -0.15) is 0 Å². The molecule has 120 valence electrons. The molecule has 5 nitrogen and oxygen atoms in total. The molecular formula is C18H21N3O2. The van der Waals surface area contributed by atoms with E-state index in [1.807, 2.05) is 42.2 Å². The molecule has 2 aliphatic heterocycles. The minimum Gasteiger partial charge on any atom is -0.378 e. The van der Waals surface area contributed by atoms with Crippen molar-refractivity contribution in [1.29, 1.82) is 0 Å². The van der Waals surface area contributed by atoms with Gasteiger partial charge in [-0.05, 0) is 19.1 Å². The van der Waals surface area contributed by atoms with Crippen LogP contribution in [-0.2, 0) is 4.74 Å². The molecule has 0 unspecified atom stereocenters. The van der Waals surface area contributed by atoms with E-state index in [1.54, 1.807) is 0 Å². The minimum absolute atomic E-state index is 0.121. The average molecular weight is 311 g/mol. The van der Waals surface area contributed by atoms with Crippen molar-refractivity contribution in [3.8, 4) is 0 Å². The van der Waals surface area contributed by atoms with Crippen LogP contribution in [-0.4, -0.2) is 66.1 Å². The van der Waals surface area contributed by atoms with E-state index < -0.39 is 0 Å². The van der Waals surface area contributed by atoms with Crippen molar-refractivity contribution in [2.75, 3.05) is 39.4 Å². The van der Waals surface area contributed by atoms with Crippen LogP contribution in [0.3, 0.4) is 0 Å². The van der Waals surface area contributed by atoms with Crippen LogP contribution in [0.4, 0.5) is 0 Å². The van der Waals surface area contributed by atoms with Gasteiger partial charge in [0.2, 0.25) is 0 Å². The number of fused-ring (bicyclic) bond motifs is 1. The fourth-order valence-electron chi connectivity index (χ4n) is 3.38. The van der Waals surface area contributed by atoms with Gasteiger partial charge >= 0.3 is 0 Å². The molecule has 1 aromatic heterocycles. The lowest BCUT2D eigenvalue weighted by atomic mass is 10.1. The molecule has 0 bridgehead atoms. The number of ether oxygens (including phenoxy) is 1. The standard InChI is InChI=1S/C18H21N3O2/c1-13-10-16(15-4-2-3-5-17(15)19-13)18(22)21-8-6-20(7-9-21)14-11-23-12-14/h2-5,10,14H,6-9,11-12H2,1H3. The third-order valence-corrected chi connectivity index (χ3v) is 4.81. The second-order valence-corrected chi connectivity index (χ2v) is 6.35. The summed E-state index contributed by atoms with van der Waals surface area (Å²) in [6, 6.07) is 10.3. The van der Waals surface area contributed by atoms with E-state index in [2.05, 4.69) is 9.88 Å². The average Bonchev–Trinajstić information content (AvgIpc) is 2.52. The summed E-state index contributed by atoms with van der Waals surface area (Å²) in [5.74, 6) is 0.121. The predicted octanol–water partition coefficient (Wildman–Crippen LogP) is 1.70. The van der Waals surface area contributed by atoms with E-state index in [-0.39, 0.29) is 5.91 Å². The lowest BCUT2D eigenvalue weighted by molar-refractivity contribution is -0.0746. The summed E-state index contributed by atoms with van der Waals surface area (Å²) in [7, 11) is 0. The molecule has 3 heterocycles. The molecule has 0 radical (unpaired) electrons. The van der Waals surface area contributed by atoms with Gasteiger partial charge in [-0.3, -0.25) is 14.7 Å². The quantitative estimate of drug-likeness (QED) is 0.847. The molecule has 1 aromatic carbocycles. The van der Waals surface area contributed by atoms with Crippen LogP contribution in [0.15, 0.2) is 30.3 Å². The third kappa shape index (κ3) is 2.71. The molecule has 0 N–H and O–H groups in total. The van der Waals surface area contributed by atoms with Crippen molar-refractivity contribution in [2.45, 2.75) is 13.0 Å². The number of aromatic nitrogens is 1. The molecule has 2 aromatic rings. The van der Waals surface area contributed by atoms with Gasteiger partial charge < -0.3 is 9.64 Å². The van der Waals surface area contributed by atoms with Crippen LogP contribution in [0.1, 0.15) is 16.1 Å². The number of amides is 1. The zero-order valence-corrected chi connectivity index (χ0v) is 13.4. The summed E-state index contributed by atoms with van der Waals surface area (Å²) < 4.78 is 5.26. The number of nitrogens with zero attached hydrogens (tertiary/aromatic N) is 3. The summed E-state index contributed by atoms with van der Waals surface area (Å²) in [5, 5.41) is 0.943. The fraction of sp³-hybridized carbons (Fsp3) is 0.444. The number of piperazine rings is 1. The van der Waals surface area contributed by atoms with E-state index >= 15 is 0 Å². The first-order valence-corrected chi connectivity index (χ1v) is 8.20. The fourth-order valence-corrected chi connectivity index (χ4v) is 3.38. The van der Waals surface area contributed by atoms with E-state index in [0.717, 1.165) is 61.6 Å². The highest BCUT2D eigenvalue weighted by atomic mass is 16.5. The molecule has 0 aliphatic carbocycles. The van der Waals surface area contributed by atoms with E-state index in [9.17, 15) is 4.79 Å². The van der Waals surface area contributed by atoms with Crippen LogP contribution in [0.5, 0.6) is 0 Å². The molecule has 0 saturated carbocycles. The predicted molar refractivity (Wildman–Crippen MR) is 88.6 cm³/mol. The van der Waals surface area contributed by atoms with E-state index in [1.165, 1.54) is 0 Å². The zero-order valence-electron chi connectivity index (χ0n) is 13.4. The summed E-state index contributed by atoms with van der Waals surface area (Å²) in [4.78, 5) is 21.9. The molecule has 23 heavy (non-hydrogen) atoms. The lowest BCUT2D eigenvalue weighted by Crippen LogP contribution is -2.57. The maximum absolute atomic E-state index is 13.0. The van der Waals surface area contributed by atoms with Crippen molar-refractivity contribution < 1.29 is 9.53 Å². The maximum atomic E-state index is 13.0. The minimum atomic E-state index is 0.121. The van der Waals surface area contributed by atoms with Crippen LogP contribution in [0, 0.1) is 6.92 Å². The Morgan fingerprint density at radius 1 is 1.17 bits per heavy atom. The molecule has 1 amide bonds. The van der Waals surface area contributed by atoms with E-state index in [0.29, 0.717) is 6.04 Å². The zero-order chi connectivity index (χ0) is 15.8. The normalized spacial score (nSPS) is 19.8. The largest absolute Gasteiger partial charge is 0.378 e. The van der Waals surface area contributed by atoms with Gasteiger partial charge in [0, 0.05) is 37.3 Å². The Morgan fingerprint density at radius 2 is 1.91 bits per heavy atom. The first-order valence-electron chi connectivity index (χ1n) is 8.20. The number of aryl methyl sites for hydroxylation is 1. The highest BCUT2D eigenvalue weighted by molar-refractivity contribution is 6.06. The highest BCUT2D eigenvalue weighted by Gasteiger charge is 2.30. The lowest BCUT2D eigenvalue weighted by Gasteiger charge is -2.42. The Kier molecular flexibility index (Phi) is 3.75. The Morgan fingerprint density at radius 3 is 2.61 bits per heavy atom. The molecular weight excluding hydrogens is 290 g/mol. The van der Waals surface area contributed by atoms with Gasteiger partial charge in [0.1, 0.15) is 0 Å². The second kappa shape index (κ2) is 5.91. The summed E-state index contributed by atoms with van der Waals surface area (Å²) >= 11 is 0. The van der Waals surface area contributed by atoms with Gasteiger partial charge in [-0.25, -0.2) is 0 Å². The molecule has 0 atom stereocenters. The third-order valence-electron chi connectivity index (χ3n) is 4.81. The Hall–Kier alpha value is -1.98. The number of hydrogen-bond donors (Lipinski definition) is 0. The molecule has 5 heteroatoms. The molecule has 2 fully saturated rings. The van der Waals surface area contributed by atoms with Crippen LogP contribution in [0.25, 0.3) is 10.9 Å². The van der Waals surface area contributed by atoms with Crippen LogP contribution < -0.4 is 0 Å². The number of hydrogen-bond acceptors (Lipinski definition) is 4. The van der Waals surface area contributed by atoms with Crippen molar-refractivity contribution in [3.63, 3.8) is 0 Å². The number of benzene rings is 1. The van der Waals surface area contributed by atoms with Crippen LogP contribution >= 0.6 is 0 Å². The number of pyridine rings is 1. The monoisotopic (exact) mass is 311 g/mol. The van der Waals surface area contributed by atoms with Gasteiger partial charge in [0.05, 0.1) is 30.3 Å². The molecule has 2 saturated heterocycles. The Labute approximate surface area is 135 Å². The van der Waals surface area contributed by atoms with Crippen molar-refractivity contribution >= 4 is 16.8 Å². The molecule has 0 spiro atoms. The molecule has 4 rings (SSSR count). The smallest absolute Gasteiger partial charge is 0.254 e. The highest BCUT2D eigenvalue weighted by Crippen LogP contribution is 2.21. The number of carbonyl (C=O) groups excluding carboxylic acids is 1. The van der Waals surface area contributed by atoms with Crippen molar-refractivity contribution in [3.05, 3.63) is 41.6 Å². The first kappa shape index (κ1) is 14.6. The number of para-hydroxylation sites is 1. The Balaban J connectivity index is 1.55. The van der Waals surface area contributed by atoms with E-state index in [4.69, 9.17) is 4.74 Å². The van der Waals surface area contributed by atoms with Gasteiger partial charge in [-0.15, -0.1) is 0 Å². The number of carbonyl (C=O) groups is 1. The number of rotatable bonds is 2. The summed E-state index contributed by atoms with van der Waals surface area (Å²) in [6.45, 7) is 7.04. The Bertz CT molecular complexity index is 734. The van der Waals surface area contributed by atoms with Crippen molar-refractivity contribution in [1.82, 2.24) is 14.8 Å². The SMILES string of the molecule is Cc1cc(C(=O)N2CCN(C3COC3)CC2)c2ccccc2n1. The molecule has 2 aliphatic rings. The van der Waals surface area contributed by atoms with Gasteiger partial charge in [-0.1, -0.05) is 18.2 Å². The summed E-state index contributed by atoms with van der Waals surface area (Å²) in [5.41, 5.74) is 2.55. The second-order valence-electron chi connectivity index (χ2n) is 6.35. The van der Waals surface area contributed by atoms with Crippen LogP contribution in [0.2, 0.25) is 0 Å².